The van der Waals surface area contributed by atoms with Crippen molar-refractivity contribution < 1.29 is 4.74 Å². The minimum absolute atomic E-state index is 0.182. The lowest BCUT2D eigenvalue weighted by Crippen LogP contribution is -2.42. The fraction of sp³-hybridized carbons (Fsp3) is 0.700. The minimum atomic E-state index is 0.182. The standard InChI is InChI=1S/C20H28O/c1-19-10-4-5-17(19)16-7-6-14-13-15(21-3)8-12-20(14,2)18(16)9-11-19/h8-9,12-13,15-17H,4-7,10-11H2,1-3H3/t15?,16-,17-,19-,20-/m0/s1. The van der Waals surface area contributed by atoms with Crippen LogP contribution in [0.5, 0.6) is 0 Å². The van der Waals surface area contributed by atoms with Gasteiger partial charge in [-0.05, 0) is 56.3 Å². The van der Waals surface area contributed by atoms with E-state index in [2.05, 4.69) is 38.2 Å². The Morgan fingerprint density at radius 1 is 1.24 bits per heavy atom. The molecule has 0 saturated heterocycles. The molecule has 0 aromatic rings. The van der Waals surface area contributed by atoms with Crippen LogP contribution >= 0.6 is 0 Å². The van der Waals surface area contributed by atoms with E-state index in [-0.39, 0.29) is 11.5 Å². The van der Waals surface area contributed by atoms with Gasteiger partial charge in [0.2, 0.25) is 0 Å². The monoisotopic (exact) mass is 284 g/mol. The van der Waals surface area contributed by atoms with E-state index < -0.39 is 0 Å². The summed E-state index contributed by atoms with van der Waals surface area (Å²) in [4.78, 5) is 0. The van der Waals surface area contributed by atoms with Crippen LogP contribution in [0.2, 0.25) is 0 Å². The third-order valence-electron chi connectivity index (χ3n) is 7.08. The van der Waals surface area contributed by atoms with Crippen LogP contribution in [-0.2, 0) is 4.74 Å². The van der Waals surface area contributed by atoms with E-state index in [0.29, 0.717) is 5.41 Å². The summed E-state index contributed by atoms with van der Waals surface area (Å²) < 4.78 is 5.52. The number of methoxy groups -OCH3 is 1. The summed E-state index contributed by atoms with van der Waals surface area (Å²) in [5, 5.41) is 0. The van der Waals surface area contributed by atoms with Crippen LogP contribution in [0.25, 0.3) is 0 Å². The van der Waals surface area contributed by atoms with Gasteiger partial charge < -0.3 is 4.74 Å². The molecule has 0 aliphatic heterocycles. The van der Waals surface area contributed by atoms with Crippen LogP contribution in [0.4, 0.5) is 0 Å². The van der Waals surface area contributed by atoms with Gasteiger partial charge in [-0.15, -0.1) is 0 Å². The van der Waals surface area contributed by atoms with E-state index in [9.17, 15) is 0 Å². The molecule has 4 aliphatic carbocycles. The Kier molecular flexibility index (Phi) is 3.02. The van der Waals surface area contributed by atoms with Crippen LogP contribution in [0.1, 0.15) is 52.4 Å². The average molecular weight is 284 g/mol. The summed E-state index contributed by atoms with van der Waals surface area (Å²) >= 11 is 0. The van der Waals surface area contributed by atoms with Crippen molar-refractivity contribution in [3.05, 3.63) is 35.5 Å². The van der Waals surface area contributed by atoms with Crippen molar-refractivity contribution in [2.45, 2.75) is 58.5 Å². The van der Waals surface area contributed by atoms with Crippen molar-refractivity contribution in [3.63, 3.8) is 0 Å². The first kappa shape index (κ1) is 13.8. The molecule has 0 aromatic heterocycles. The van der Waals surface area contributed by atoms with Gasteiger partial charge in [-0.3, -0.25) is 0 Å². The number of fused-ring (bicyclic) bond motifs is 5. The maximum Gasteiger partial charge on any atom is 0.0937 e. The van der Waals surface area contributed by atoms with Crippen molar-refractivity contribution >= 4 is 0 Å². The third kappa shape index (κ3) is 1.86. The summed E-state index contributed by atoms with van der Waals surface area (Å²) in [5.74, 6) is 1.77. The van der Waals surface area contributed by atoms with Gasteiger partial charge in [0.05, 0.1) is 6.10 Å². The molecular formula is C20H28O. The third-order valence-corrected chi connectivity index (χ3v) is 7.08. The van der Waals surface area contributed by atoms with Crippen molar-refractivity contribution in [1.29, 1.82) is 0 Å². The van der Waals surface area contributed by atoms with E-state index in [1.165, 1.54) is 38.5 Å². The summed E-state index contributed by atoms with van der Waals surface area (Å²) in [6.07, 6.45) is 18.1. The normalized spacial score (nSPS) is 48.0. The van der Waals surface area contributed by atoms with E-state index in [4.69, 9.17) is 4.74 Å². The van der Waals surface area contributed by atoms with Gasteiger partial charge in [-0.25, -0.2) is 0 Å². The Bertz CT molecular complexity index is 540. The first-order valence-corrected chi connectivity index (χ1v) is 8.71. The first-order valence-electron chi connectivity index (χ1n) is 8.71. The molecule has 0 N–H and O–H groups in total. The highest BCUT2D eigenvalue weighted by atomic mass is 16.5. The van der Waals surface area contributed by atoms with E-state index in [1.807, 2.05) is 7.11 Å². The molecule has 4 aliphatic rings. The second kappa shape index (κ2) is 4.59. The Morgan fingerprint density at radius 2 is 2.10 bits per heavy atom. The van der Waals surface area contributed by atoms with Crippen molar-refractivity contribution in [1.82, 2.24) is 0 Å². The van der Waals surface area contributed by atoms with Crippen LogP contribution in [-0.4, -0.2) is 13.2 Å². The van der Waals surface area contributed by atoms with Gasteiger partial charge in [-0.1, -0.05) is 48.8 Å². The molecule has 0 heterocycles. The predicted molar refractivity (Wildman–Crippen MR) is 87.0 cm³/mol. The summed E-state index contributed by atoms with van der Waals surface area (Å²) in [6, 6.07) is 0. The second-order valence-electron chi connectivity index (χ2n) is 8.12. The van der Waals surface area contributed by atoms with E-state index in [0.717, 1.165) is 11.8 Å². The molecule has 2 fully saturated rings. The zero-order valence-corrected chi connectivity index (χ0v) is 13.7. The lowest BCUT2D eigenvalue weighted by molar-refractivity contribution is 0.128. The summed E-state index contributed by atoms with van der Waals surface area (Å²) in [7, 11) is 1.81. The molecule has 2 saturated carbocycles. The van der Waals surface area contributed by atoms with Gasteiger partial charge in [0, 0.05) is 12.5 Å². The minimum Gasteiger partial charge on any atom is -0.373 e. The van der Waals surface area contributed by atoms with Crippen molar-refractivity contribution in [2.24, 2.45) is 22.7 Å². The predicted octanol–water partition coefficient (Wildman–Crippen LogP) is 5.05. The van der Waals surface area contributed by atoms with Crippen LogP contribution in [0.15, 0.2) is 35.5 Å². The highest BCUT2D eigenvalue weighted by Gasteiger charge is 2.51. The smallest absolute Gasteiger partial charge is 0.0937 e. The Labute approximate surface area is 129 Å². The van der Waals surface area contributed by atoms with E-state index >= 15 is 0 Å². The molecule has 5 atom stereocenters. The molecular weight excluding hydrogens is 256 g/mol. The topological polar surface area (TPSA) is 9.23 Å². The second-order valence-corrected chi connectivity index (χ2v) is 8.12. The number of allylic oxidation sites excluding steroid dienone is 4. The van der Waals surface area contributed by atoms with Gasteiger partial charge in [0.15, 0.2) is 0 Å². The SMILES string of the molecule is COC1C=C[C@@]2(C)C(=C1)CC[C@@H]1C2=CC[C@]2(C)CCC[C@@H]12. The van der Waals surface area contributed by atoms with Gasteiger partial charge >= 0.3 is 0 Å². The fourth-order valence-corrected chi connectivity index (χ4v) is 5.77. The average Bonchev–Trinajstić information content (AvgIpc) is 2.88. The molecule has 21 heavy (non-hydrogen) atoms. The lowest BCUT2D eigenvalue weighted by Gasteiger charge is -2.51. The number of hydrogen-bond acceptors (Lipinski definition) is 1. The summed E-state index contributed by atoms with van der Waals surface area (Å²) in [6.45, 7) is 4.99. The highest BCUT2D eigenvalue weighted by molar-refractivity contribution is 5.44. The van der Waals surface area contributed by atoms with Gasteiger partial charge in [-0.2, -0.15) is 0 Å². The van der Waals surface area contributed by atoms with Crippen LogP contribution in [0.3, 0.4) is 0 Å². The van der Waals surface area contributed by atoms with Crippen molar-refractivity contribution in [3.8, 4) is 0 Å². The largest absolute Gasteiger partial charge is 0.373 e. The lowest BCUT2D eigenvalue weighted by atomic mass is 9.53. The quantitative estimate of drug-likeness (QED) is 0.612. The van der Waals surface area contributed by atoms with E-state index in [1.54, 1.807) is 11.1 Å². The molecule has 114 valence electrons. The molecule has 1 nitrogen and oxygen atoms in total. The zero-order valence-electron chi connectivity index (χ0n) is 13.7. The molecule has 0 radical (unpaired) electrons. The van der Waals surface area contributed by atoms with Crippen LogP contribution < -0.4 is 0 Å². The number of hydrogen-bond donors (Lipinski definition) is 0. The van der Waals surface area contributed by atoms with Crippen molar-refractivity contribution in [2.75, 3.05) is 7.11 Å². The Balaban J connectivity index is 1.73. The van der Waals surface area contributed by atoms with Crippen LogP contribution in [0, 0.1) is 22.7 Å². The molecule has 1 heteroatoms. The number of ether oxygens (including phenoxy) is 1. The molecule has 0 spiro atoms. The molecule has 0 bridgehead atoms. The fourth-order valence-electron chi connectivity index (χ4n) is 5.77. The first-order chi connectivity index (χ1) is 10.1. The molecule has 0 amide bonds. The molecule has 1 unspecified atom stereocenters. The zero-order chi connectivity index (χ0) is 14.7. The highest BCUT2D eigenvalue weighted by Crippen LogP contribution is 2.62. The molecule has 4 rings (SSSR count). The Hall–Kier alpha value is -0.820. The van der Waals surface area contributed by atoms with Gasteiger partial charge in [0.25, 0.3) is 0 Å². The summed E-state index contributed by atoms with van der Waals surface area (Å²) in [5.41, 5.74) is 4.11. The Morgan fingerprint density at radius 3 is 2.90 bits per heavy atom. The number of rotatable bonds is 1. The maximum absolute atomic E-state index is 5.52. The van der Waals surface area contributed by atoms with Gasteiger partial charge in [0.1, 0.15) is 0 Å². The molecule has 0 aromatic carbocycles. The maximum atomic E-state index is 5.52.